The number of imidazole rings is 1. The molecule has 0 saturated heterocycles. The lowest BCUT2D eigenvalue weighted by Gasteiger charge is -2.40. The molecule has 4 rings (SSSR count). The number of carboxylic acid groups (broad SMARTS) is 1. The molecular weight excluding hydrogens is 520 g/mol. The first-order valence-corrected chi connectivity index (χ1v) is 12.4. The van der Waals surface area contributed by atoms with Crippen LogP contribution in [0, 0.1) is 17.2 Å². The first-order valence-electron chi connectivity index (χ1n) is 12.4. The zero-order chi connectivity index (χ0) is 28.7. The SMILES string of the molecule is C[C@H]1CC(n2c(Nc3ccc(OC(F)(F)F)cc3)nc3cc(C(=O)N(C)CC(=O)O)c(F)cc32)CC(C)(C)C1. The molecule has 1 aliphatic carbocycles. The molecule has 1 fully saturated rings. The van der Waals surface area contributed by atoms with Gasteiger partial charge in [-0.3, -0.25) is 9.59 Å². The van der Waals surface area contributed by atoms with Crippen LogP contribution < -0.4 is 10.1 Å². The lowest BCUT2D eigenvalue weighted by molar-refractivity contribution is -0.274. The van der Waals surface area contributed by atoms with Crippen LogP contribution >= 0.6 is 0 Å². The van der Waals surface area contributed by atoms with Crippen molar-refractivity contribution in [3.05, 3.63) is 47.8 Å². The number of hydrogen-bond acceptors (Lipinski definition) is 5. The Kier molecular flexibility index (Phi) is 7.50. The fourth-order valence-electron chi connectivity index (χ4n) is 5.58. The molecule has 2 atom stereocenters. The molecule has 1 unspecified atom stereocenters. The largest absolute Gasteiger partial charge is 0.573 e. The molecule has 0 spiro atoms. The predicted octanol–water partition coefficient (Wildman–Crippen LogP) is 6.36. The van der Waals surface area contributed by atoms with Gasteiger partial charge in [-0.2, -0.15) is 0 Å². The number of halogens is 4. The summed E-state index contributed by atoms with van der Waals surface area (Å²) in [5.41, 5.74) is 0.884. The van der Waals surface area contributed by atoms with Crippen molar-refractivity contribution in [3.8, 4) is 5.75 Å². The average Bonchev–Trinajstić information content (AvgIpc) is 3.13. The highest BCUT2D eigenvalue weighted by molar-refractivity contribution is 5.99. The van der Waals surface area contributed by atoms with E-state index in [9.17, 15) is 22.8 Å². The third-order valence-electron chi connectivity index (χ3n) is 6.80. The van der Waals surface area contributed by atoms with Crippen LogP contribution in [0.5, 0.6) is 5.75 Å². The van der Waals surface area contributed by atoms with Gasteiger partial charge in [0.15, 0.2) is 0 Å². The van der Waals surface area contributed by atoms with Gasteiger partial charge in [0, 0.05) is 24.8 Å². The molecule has 1 heterocycles. The molecule has 8 nitrogen and oxygen atoms in total. The summed E-state index contributed by atoms with van der Waals surface area (Å²) < 4.78 is 58.8. The molecule has 3 aromatic rings. The van der Waals surface area contributed by atoms with Crippen molar-refractivity contribution in [2.75, 3.05) is 18.9 Å². The standard InChI is InChI=1S/C27H30F4N4O4/c1-15-9-17(13-26(2,3)12-15)35-22-11-20(28)19(24(38)34(4)14-23(36)37)10-21(22)33-25(35)32-16-5-7-18(8-6-16)39-27(29,30)31/h5-8,10-11,15,17H,9,12-14H2,1-4H3,(H,32,33)(H,36,37)/t15-,17?/m0/s1. The molecular formula is C27H30F4N4O4. The Morgan fingerprint density at radius 1 is 1.21 bits per heavy atom. The van der Waals surface area contributed by atoms with Gasteiger partial charge < -0.3 is 24.6 Å². The monoisotopic (exact) mass is 550 g/mol. The fourth-order valence-corrected chi connectivity index (χ4v) is 5.58. The number of ether oxygens (including phenoxy) is 1. The first kappa shape index (κ1) is 28.2. The van der Waals surface area contributed by atoms with E-state index in [-0.39, 0.29) is 22.8 Å². The Labute approximate surface area is 222 Å². The molecule has 12 heteroatoms. The number of benzene rings is 2. The van der Waals surface area contributed by atoms with E-state index in [0.29, 0.717) is 28.6 Å². The van der Waals surface area contributed by atoms with Gasteiger partial charge in [-0.15, -0.1) is 13.2 Å². The van der Waals surface area contributed by atoms with Gasteiger partial charge in [0.05, 0.1) is 16.6 Å². The van der Waals surface area contributed by atoms with Crippen molar-refractivity contribution in [1.82, 2.24) is 14.5 Å². The molecule has 0 bridgehead atoms. The molecule has 1 amide bonds. The summed E-state index contributed by atoms with van der Waals surface area (Å²) in [5, 5.41) is 12.1. The minimum Gasteiger partial charge on any atom is -0.480 e. The highest BCUT2D eigenvalue weighted by Crippen LogP contribution is 2.46. The molecule has 0 radical (unpaired) electrons. The topological polar surface area (TPSA) is 96.7 Å². The number of alkyl halides is 3. The molecule has 210 valence electrons. The highest BCUT2D eigenvalue weighted by atomic mass is 19.4. The van der Waals surface area contributed by atoms with Gasteiger partial charge in [-0.25, -0.2) is 9.37 Å². The van der Waals surface area contributed by atoms with Crippen molar-refractivity contribution in [3.63, 3.8) is 0 Å². The number of aliphatic carboxylic acids is 1. The lowest BCUT2D eigenvalue weighted by atomic mass is 9.70. The summed E-state index contributed by atoms with van der Waals surface area (Å²) >= 11 is 0. The van der Waals surface area contributed by atoms with Crippen LogP contribution in [0.4, 0.5) is 29.2 Å². The lowest BCUT2D eigenvalue weighted by Crippen LogP contribution is -2.32. The van der Waals surface area contributed by atoms with Crippen molar-refractivity contribution in [2.45, 2.75) is 52.4 Å². The van der Waals surface area contributed by atoms with Gasteiger partial charge in [0.1, 0.15) is 18.1 Å². The number of hydrogen-bond donors (Lipinski definition) is 2. The second-order valence-corrected chi connectivity index (χ2v) is 10.9. The van der Waals surface area contributed by atoms with E-state index in [1.807, 2.05) is 4.57 Å². The smallest absolute Gasteiger partial charge is 0.480 e. The molecule has 2 N–H and O–H groups in total. The van der Waals surface area contributed by atoms with Crippen LogP contribution in [0.3, 0.4) is 0 Å². The summed E-state index contributed by atoms with van der Waals surface area (Å²) in [6.45, 7) is 5.88. The van der Waals surface area contributed by atoms with Gasteiger partial charge >= 0.3 is 12.3 Å². The van der Waals surface area contributed by atoms with Crippen LogP contribution in [0.25, 0.3) is 11.0 Å². The van der Waals surface area contributed by atoms with Crippen molar-refractivity contribution in [1.29, 1.82) is 0 Å². The van der Waals surface area contributed by atoms with E-state index in [4.69, 9.17) is 5.11 Å². The van der Waals surface area contributed by atoms with E-state index < -0.39 is 30.6 Å². The maximum atomic E-state index is 15.3. The summed E-state index contributed by atoms with van der Waals surface area (Å²) in [6.07, 6.45) is -2.22. The number of fused-ring (bicyclic) bond motifs is 1. The number of likely N-dealkylation sites (N-methyl/N-ethyl adjacent to an activating group) is 1. The summed E-state index contributed by atoms with van der Waals surface area (Å²) in [4.78, 5) is 29.3. The van der Waals surface area contributed by atoms with Crippen LogP contribution in [-0.4, -0.2) is 51.4 Å². The van der Waals surface area contributed by atoms with E-state index in [2.05, 4.69) is 35.8 Å². The van der Waals surface area contributed by atoms with E-state index in [0.717, 1.165) is 24.2 Å². The van der Waals surface area contributed by atoms with E-state index in [1.165, 1.54) is 43.4 Å². The van der Waals surface area contributed by atoms with Gasteiger partial charge in [-0.05, 0) is 60.9 Å². The number of anilines is 2. The minimum atomic E-state index is -4.81. The number of nitrogens with one attached hydrogen (secondary N) is 1. The third kappa shape index (κ3) is 6.61. The number of carboxylic acids is 1. The molecule has 2 aromatic carbocycles. The van der Waals surface area contributed by atoms with Crippen molar-refractivity contribution >= 4 is 34.5 Å². The van der Waals surface area contributed by atoms with Crippen LogP contribution in [-0.2, 0) is 4.79 Å². The minimum absolute atomic E-state index is 0.000768. The Morgan fingerprint density at radius 3 is 2.46 bits per heavy atom. The Morgan fingerprint density at radius 2 is 1.87 bits per heavy atom. The number of rotatable bonds is 7. The van der Waals surface area contributed by atoms with Crippen molar-refractivity contribution in [2.24, 2.45) is 11.3 Å². The molecule has 39 heavy (non-hydrogen) atoms. The normalized spacial score (nSPS) is 19.1. The van der Waals surface area contributed by atoms with E-state index in [1.54, 1.807) is 0 Å². The summed E-state index contributed by atoms with van der Waals surface area (Å²) in [5.74, 6) is -2.50. The summed E-state index contributed by atoms with van der Waals surface area (Å²) in [6, 6.07) is 7.61. The Bertz CT molecular complexity index is 1390. The average molecular weight is 551 g/mol. The molecule has 1 aliphatic rings. The number of nitrogens with zero attached hydrogens (tertiary/aromatic N) is 3. The Hall–Kier alpha value is -3.83. The number of carbonyl (C=O) groups excluding carboxylic acids is 1. The fraction of sp³-hybridized carbons (Fsp3) is 0.444. The van der Waals surface area contributed by atoms with Crippen LogP contribution in [0.2, 0.25) is 0 Å². The molecule has 1 saturated carbocycles. The quantitative estimate of drug-likeness (QED) is 0.332. The van der Waals surface area contributed by atoms with Gasteiger partial charge in [0.25, 0.3) is 5.91 Å². The maximum Gasteiger partial charge on any atom is 0.573 e. The van der Waals surface area contributed by atoms with Gasteiger partial charge in [-0.1, -0.05) is 20.8 Å². The number of carbonyl (C=O) groups is 2. The first-order chi connectivity index (χ1) is 18.1. The third-order valence-corrected chi connectivity index (χ3v) is 6.80. The second-order valence-electron chi connectivity index (χ2n) is 10.9. The number of aromatic nitrogens is 2. The zero-order valence-corrected chi connectivity index (χ0v) is 22.0. The van der Waals surface area contributed by atoms with Crippen LogP contribution in [0.15, 0.2) is 36.4 Å². The molecule has 0 aliphatic heterocycles. The Balaban J connectivity index is 1.77. The maximum absolute atomic E-state index is 15.3. The van der Waals surface area contributed by atoms with E-state index >= 15 is 4.39 Å². The van der Waals surface area contributed by atoms with Gasteiger partial charge in [0.2, 0.25) is 5.95 Å². The zero-order valence-electron chi connectivity index (χ0n) is 22.0. The highest BCUT2D eigenvalue weighted by Gasteiger charge is 2.35. The predicted molar refractivity (Wildman–Crippen MR) is 137 cm³/mol. The summed E-state index contributed by atoms with van der Waals surface area (Å²) in [7, 11) is 1.27. The number of amides is 1. The van der Waals surface area contributed by atoms with Crippen LogP contribution in [0.1, 0.15) is 56.4 Å². The van der Waals surface area contributed by atoms with Crippen molar-refractivity contribution < 1.29 is 37.0 Å². The second kappa shape index (κ2) is 10.4. The molecule has 1 aromatic heterocycles.